The van der Waals surface area contributed by atoms with Gasteiger partial charge in [-0.3, -0.25) is 9.36 Å². The molecule has 0 unspecified atom stereocenters. The summed E-state index contributed by atoms with van der Waals surface area (Å²) in [6, 6.07) is 1.91. The second-order valence-electron chi connectivity index (χ2n) is 6.04. The number of hydrogen-bond donors (Lipinski definition) is 1. The van der Waals surface area contributed by atoms with Crippen LogP contribution in [0.25, 0.3) is 26.1 Å². The molecule has 0 atom stereocenters. The molecule has 0 radical (unpaired) electrons. The molecule has 3 aromatic heterocycles. The van der Waals surface area contributed by atoms with Crippen molar-refractivity contribution in [3.05, 3.63) is 58.3 Å². The maximum Gasteiger partial charge on any atom is 0.275 e. The van der Waals surface area contributed by atoms with E-state index in [0.717, 1.165) is 27.1 Å². The molecule has 0 fully saturated rings. The molecule has 1 aliphatic carbocycles. The zero-order chi connectivity index (χ0) is 17.6. The summed E-state index contributed by atoms with van der Waals surface area (Å²) in [4.78, 5) is 23.2. The van der Waals surface area contributed by atoms with Crippen LogP contribution >= 0.6 is 11.3 Å². The Bertz CT molecular complexity index is 1150. The van der Waals surface area contributed by atoms with Gasteiger partial charge in [-0.2, -0.15) is 0 Å². The molecule has 0 spiro atoms. The predicted octanol–water partition coefficient (Wildman–Crippen LogP) is 4.10. The van der Waals surface area contributed by atoms with Crippen molar-refractivity contribution in [3.63, 3.8) is 0 Å². The topological polar surface area (TPSA) is 59.8 Å². The zero-order valence-electron chi connectivity index (χ0n) is 14.3. The van der Waals surface area contributed by atoms with Gasteiger partial charge in [-0.25, -0.2) is 9.97 Å². The first-order valence-corrected chi connectivity index (χ1v) is 8.95. The van der Waals surface area contributed by atoms with Crippen LogP contribution in [0, 0.1) is 6.92 Å². The number of fused-ring (bicyclic) bond motifs is 3. The molecule has 0 saturated carbocycles. The number of allylic oxidation sites excluding steroid dienone is 6. The van der Waals surface area contributed by atoms with Crippen LogP contribution in [0.3, 0.4) is 0 Å². The number of nitrogens with zero attached hydrogens (tertiary/aromatic N) is 3. The zero-order valence-corrected chi connectivity index (χ0v) is 15.1. The molecule has 126 valence electrons. The van der Waals surface area contributed by atoms with Crippen LogP contribution in [0.2, 0.25) is 0 Å². The van der Waals surface area contributed by atoms with E-state index >= 15 is 0 Å². The lowest BCUT2D eigenvalue weighted by Crippen LogP contribution is -2.22. The Morgan fingerprint density at radius 3 is 2.92 bits per heavy atom. The van der Waals surface area contributed by atoms with Gasteiger partial charge in [0, 0.05) is 31.0 Å². The van der Waals surface area contributed by atoms with Gasteiger partial charge < -0.3 is 5.32 Å². The maximum absolute atomic E-state index is 13.2. The van der Waals surface area contributed by atoms with Gasteiger partial charge in [0.25, 0.3) is 5.56 Å². The van der Waals surface area contributed by atoms with Crippen molar-refractivity contribution in [1.29, 1.82) is 0 Å². The third-order valence-electron chi connectivity index (χ3n) is 4.36. The van der Waals surface area contributed by atoms with Crippen molar-refractivity contribution in [2.24, 2.45) is 0 Å². The first kappa shape index (κ1) is 15.8. The fourth-order valence-electron chi connectivity index (χ4n) is 3.15. The standard InChI is InChI=1S/C19H18N4OS/c1-11-5-4-6-13(8-7-11)23-12(2)22-16-15-14(20-3)9-10-21-18(15)25-17(16)19(23)24/h4-5,7-10H,6H2,1-3H3,(H,20,21). The number of pyridine rings is 1. The summed E-state index contributed by atoms with van der Waals surface area (Å²) in [5.74, 6) is 0.690. The van der Waals surface area contributed by atoms with Gasteiger partial charge in [-0.1, -0.05) is 23.8 Å². The average molecular weight is 350 g/mol. The lowest BCUT2D eigenvalue weighted by atomic mass is 10.2. The maximum atomic E-state index is 13.2. The first-order chi connectivity index (χ1) is 12.1. The van der Waals surface area contributed by atoms with Gasteiger partial charge in [0.15, 0.2) is 0 Å². The van der Waals surface area contributed by atoms with E-state index in [-0.39, 0.29) is 5.56 Å². The summed E-state index contributed by atoms with van der Waals surface area (Å²) in [6.07, 6.45) is 10.6. The molecule has 3 aromatic rings. The molecule has 25 heavy (non-hydrogen) atoms. The van der Waals surface area contributed by atoms with Crippen LogP contribution in [-0.4, -0.2) is 21.6 Å². The highest BCUT2D eigenvalue weighted by atomic mass is 32.1. The lowest BCUT2D eigenvalue weighted by molar-refractivity contribution is 0.896. The third-order valence-corrected chi connectivity index (χ3v) is 5.44. The molecule has 5 nitrogen and oxygen atoms in total. The Labute approximate surface area is 149 Å². The monoisotopic (exact) mass is 350 g/mol. The third kappa shape index (κ3) is 2.49. The molecule has 6 heteroatoms. The van der Waals surface area contributed by atoms with Gasteiger partial charge >= 0.3 is 0 Å². The van der Waals surface area contributed by atoms with Crippen molar-refractivity contribution in [2.45, 2.75) is 20.3 Å². The van der Waals surface area contributed by atoms with Gasteiger partial charge in [0.05, 0.1) is 5.39 Å². The molecule has 4 rings (SSSR count). The summed E-state index contributed by atoms with van der Waals surface area (Å²) < 4.78 is 2.36. The van der Waals surface area contributed by atoms with E-state index in [9.17, 15) is 4.79 Å². The van der Waals surface area contributed by atoms with E-state index in [4.69, 9.17) is 4.98 Å². The quantitative estimate of drug-likeness (QED) is 0.756. The number of hydrogen-bond acceptors (Lipinski definition) is 5. The summed E-state index contributed by atoms with van der Waals surface area (Å²) in [6.45, 7) is 3.93. The van der Waals surface area contributed by atoms with Crippen LogP contribution in [0.15, 0.2) is 46.9 Å². The Morgan fingerprint density at radius 2 is 2.12 bits per heavy atom. The summed E-state index contributed by atoms with van der Waals surface area (Å²) in [7, 11) is 1.86. The highest BCUT2D eigenvalue weighted by molar-refractivity contribution is 7.25. The first-order valence-electron chi connectivity index (χ1n) is 8.13. The van der Waals surface area contributed by atoms with E-state index in [1.165, 1.54) is 16.9 Å². The molecule has 0 aliphatic heterocycles. The van der Waals surface area contributed by atoms with Crippen LogP contribution < -0.4 is 10.9 Å². The number of aromatic nitrogens is 3. The van der Waals surface area contributed by atoms with E-state index in [0.29, 0.717) is 16.9 Å². The molecule has 0 bridgehead atoms. The average Bonchev–Trinajstić information content (AvgIpc) is 2.84. The van der Waals surface area contributed by atoms with Crippen molar-refractivity contribution >= 4 is 43.2 Å². The van der Waals surface area contributed by atoms with Crippen molar-refractivity contribution in [1.82, 2.24) is 14.5 Å². The minimum Gasteiger partial charge on any atom is -0.387 e. The smallest absolute Gasteiger partial charge is 0.275 e. The van der Waals surface area contributed by atoms with Gasteiger partial charge in [0.1, 0.15) is 20.9 Å². The van der Waals surface area contributed by atoms with Crippen LogP contribution in [0.1, 0.15) is 19.2 Å². The van der Waals surface area contributed by atoms with Crippen LogP contribution in [-0.2, 0) is 0 Å². The van der Waals surface area contributed by atoms with Gasteiger partial charge in [-0.15, -0.1) is 11.3 Å². The predicted molar refractivity (Wildman–Crippen MR) is 105 cm³/mol. The molecule has 1 N–H and O–H groups in total. The van der Waals surface area contributed by atoms with Crippen molar-refractivity contribution < 1.29 is 0 Å². The van der Waals surface area contributed by atoms with Gasteiger partial charge in [-0.05, 0) is 26.0 Å². The molecule has 0 amide bonds. The minimum atomic E-state index is -0.0276. The molecular formula is C19H18N4OS. The van der Waals surface area contributed by atoms with E-state index < -0.39 is 0 Å². The minimum absolute atomic E-state index is 0.0276. The molecule has 1 aliphatic rings. The molecular weight excluding hydrogens is 332 g/mol. The fraction of sp³-hybridized carbons (Fsp3) is 0.211. The Morgan fingerprint density at radius 1 is 1.28 bits per heavy atom. The van der Waals surface area contributed by atoms with Gasteiger partial charge in [0.2, 0.25) is 0 Å². The summed E-state index contributed by atoms with van der Waals surface area (Å²) in [5, 5.41) is 4.09. The number of anilines is 1. The van der Waals surface area contributed by atoms with E-state index in [2.05, 4.69) is 22.5 Å². The SMILES string of the molecule is CNc1ccnc2sc3c(=O)n(C4=CC=C(C)C=CC4)c(C)nc3c12. The Kier molecular flexibility index (Phi) is 3.77. The Balaban J connectivity index is 2.05. The largest absolute Gasteiger partial charge is 0.387 e. The summed E-state index contributed by atoms with van der Waals surface area (Å²) >= 11 is 1.40. The number of nitrogens with one attached hydrogen (secondary N) is 1. The molecule has 3 heterocycles. The highest BCUT2D eigenvalue weighted by Crippen LogP contribution is 2.34. The van der Waals surface area contributed by atoms with E-state index in [1.807, 2.05) is 39.1 Å². The molecule has 0 aromatic carbocycles. The number of thiophene rings is 1. The highest BCUT2D eigenvalue weighted by Gasteiger charge is 2.18. The van der Waals surface area contributed by atoms with Crippen LogP contribution in [0.5, 0.6) is 0 Å². The lowest BCUT2D eigenvalue weighted by Gasteiger charge is -2.11. The molecule has 0 saturated heterocycles. The second kappa shape index (κ2) is 5.97. The van der Waals surface area contributed by atoms with E-state index in [1.54, 1.807) is 10.8 Å². The van der Waals surface area contributed by atoms with Crippen LogP contribution in [0.4, 0.5) is 5.69 Å². The normalized spacial score (nSPS) is 14.5. The fourth-order valence-corrected chi connectivity index (χ4v) is 4.19. The Hall–Kier alpha value is -2.73. The summed E-state index contributed by atoms with van der Waals surface area (Å²) in [5.41, 5.74) is 3.74. The number of aryl methyl sites for hydroxylation is 1. The number of rotatable bonds is 2. The second-order valence-corrected chi connectivity index (χ2v) is 7.04. The van der Waals surface area contributed by atoms with Crippen molar-refractivity contribution in [2.75, 3.05) is 12.4 Å². The van der Waals surface area contributed by atoms with Crippen molar-refractivity contribution in [3.8, 4) is 0 Å².